The second-order valence-corrected chi connectivity index (χ2v) is 6.71. The van der Waals surface area contributed by atoms with Gasteiger partial charge in [0.1, 0.15) is 0 Å². The molecule has 0 aromatic heterocycles. The van der Waals surface area contributed by atoms with E-state index in [2.05, 4.69) is 41.9 Å². The van der Waals surface area contributed by atoms with Gasteiger partial charge < -0.3 is 14.5 Å². The molecule has 142 valence electrons. The Kier molecular flexibility index (Phi) is 8.50. The molecule has 0 fully saturated rings. The summed E-state index contributed by atoms with van der Waals surface area (Å²) in [6.45, 7) is 10.8. The van der Waals surface area contributed by atoms with E-state index in [1.54, 1.807) is 6.92 Å². The normalized spacial score (nSPS) is 13.0. The molecule has 26 heavy (non-hydrogen) atoms. The zero-order valence-corrected chi connectivity index (χ0v) is 16.5. The second kappa shape index (κ2) is 10.9. The predicted molar refractivity (Wildman–Crippen MR) is 107 cm³/mol. The van der Waals surface area contributed by atoms with Gasteiger partial charge in [0.05, 0.1) is 0 Å². The first-order chi connectivity index (χ1) is 12.7. The lowest BCUT2D eigenvalue weighted by atomic mass is 9.98. The Morgan fingerprint density at radius 2 is 2.19 bits per heavy atom. The molecule has 0 bridgehead atoms. The van der Waals surface area contributed by atoms with E-state index in [4.69, 9.17) is 4.74 Å². The molecule has 1 aromatic carbocycles. The standard InChI is InChI=1S/C22H32N2O2/c1-4-9-22(25)24(15-8-16-26-6-3)18-19-11-12-21-20(17-19)10-7-14-23(21)13-5-2/h11-12,17H,5-8,10,13-16,18H2,1-3H3. The number of nitrogens with zero attached hydrogens (tertiary/aromatic N) is 2. The van der Waals surface area contributed by atoms with Crippen molar-refractivity contribution in [2.45, 2.75) is 53.0 Å². The van der Waals surface area contributed by atoms with Crippen molar-refractivity contribution in [3.8, 4) is 11.8 Å². The number of benzene rings is 1. The van der Waals surface area contributed by atoms with Gasteiger partial charge in [0, 0.05) is 45.1 Å². The Bertz CT molecular complexity index is 645. The van der Waals surface area contributed by atoms with Gasteiger partial charge >= 0.3 is 0 Å². The van der Waals surface area contributed by atoms with Gasteiger partial charge in [-0.15, -0.1) is 0 Å². The topological polar surface area (TPSA) is 32.8 Å². The summed E-state index contributed by atoms with van der Waals surface area (Å²) < 4.78 is 5.40. The van der Waals surface area contributed by atoms with Crippen LogP contribution in [-0.2, 0) is 22.5 Å². The fourth-order valence-electron chi connectivity index (χ4n) is 3.49. The van der Waals surface area contributed by atoms with Crippen LogP contribution in [0.3, 0.4) is 0 Å². The van der Waals surface area contributed by atoms with E-state index in [9.17, 15) is 4.79 Å². The van der Waals surface area contributed by atoms with Crippen molar-refractivity contribution in [1.82, 2.24) is 4.90 Å². The number of hydrogen-bond acceptors (Lipinski definition) is 3. The maximum absolute atomic E-state index is 12.3. The number of rotatable bonds is 9. The van der Waals surface area contributed by atoms with Crippen LogP contribution in [0.2, 0.25) is 0 Å². The maximum atomic E-state index is 12.3. The van der Waals surface area contributed by atoms with Crippen LogP contribution in [-0.4, -0.2) is 43.7 Å². The molecule has 0 saturated heterocycles. The van der Waals surface area contributed by atoms with E-state index in [0.29, 0.717) is 26.3 Å². The fraction of sp³-hybridized carbons (Fsp3) is 0.591. The molecule has 2 rings (SSSR count). The summed E-state index contributed by atoms with van der Waals surface area (Å²) in [5.41, 5.74) is 3.96. The first-order valence-corrected chi connectivity index (χ1v) is 9.85. The fourth-order valence-corrected chi connectivity index (χ4v) is 3.49. The second-order valence-electron chi connectivity index (χ2n) is 6.71. The molecular weight excluding hydrogens is 324 g/mol. The molecule has 1 aliphatic rings. The van der Waals surface area contributed by atoms with Gasteiger partial charge in [0.25, 0.3) is 5.91 Å². The van der Waals surface area contributed by atoms with Gasteiger partial charge in [-0.25, -0.2) is 0 Å². The third kappa shape index (κ3) is 5.78. The van der Waals surface area contributed by atoms with Crippen LogP contribution in [0.1, 0.15) is 51.2 Å². The molecule has 1 heterocycles. The van der Waals surface area contributed by atoms with E-state index >= 15 is 0 Å². The third-order valence-corrected chi connectivity index (χ3v) is 4.67. The smallest absolute Gasteiger partial charge is 0.298 e. The summed E-state index contributed by atoms with van der Waals surface area (Å²) in [4.78, 5) is 16.7. The zero-order valence-electron chi connectivity index (χ0n) is 16.5. The van der Waals surface area contributed by atoms with Crippen LogP contribution in [0.25, 0.3) is 0 Å². The SMILES string of the molecule is CC#CC(=O)N(CCCOCC)Cc1ccc2c(c1)CCCN2CCC. The molecular formula is C22H32N2O2. The minimum atomic E-state index is -0.102. The molecule has 0 atom stereocenters. The Morgan fingerprint density at radius 3 is 2.92 bits per heavy atom. The summed E-state index contributed by atoms with van der Waals surface area (Å²) >= 11 is 0. The number of ether oxygens (including phenoxy) is 1. The van der Waals surface area contributed by atoms with Gasteiger partial charge in [-0.1, -0.05) is 25.0 Å². The van der Waals surface area contributed by atoms with Crippen molar-refractivity contribution in [1.29, 1.82) is 0 Å². The molecule has 0 aliphatic carbocycles. The van der Waals surface area contributed by atoms with Gasteiger partial charge in [0.15, 0.2) is 0 Å². The van der Waals surface area contributed by atoms with Crippen molar-refractivity contribution in [3.63, 3.8) is 0 Å². The van der Waals surface area contributed by atoms with E-state index in [0.717, 1.165) is 25.9 Å². The Morgan fingerprint density at radius 1 is 1.35 bits per heavy atom. The Labute approximate surface area is 158 Å². The molecule has 0 unspecified atom stereocenters. The first-order valence-electron chi connectivity index (χ1n) is 9.85. The van der Waals surface area contributed by atoms with E-state index in [-0.39, 0.29) is 5.91 Å². The van der Waals surface area contributed by atoms with Crippen LogP contribution in [0.4, 0.5) is 5.69 Å². The number of anilines is 1. The number of hydrogen-bond donors (Lipinski definition) is 0. The lowest BCUT2D eigenvalue weighted by molar-refractivity contribution is -0.125. The molecule has 0 spiro atoms. The Hall–Kier alpha value is -1.99. The van der Waals surface area contributed by atoms with E-state index in [1.807, 2.05) is 11.8 Å². The van der Waals surface area contributed by atoms with Crippen molar-refractivity contribution < 1.29 is 9.53 Å². The highest BCUT2D eigenvalue weighted by Gasteiger charge is 2.18. The largest absolute Gasteiger partial charge is 0.382 e. The quantitative estimate of drug-likeness (QED) is 0.500. The third-order valence-electron chi connectivity index (χ3n) is 4.67. The lowest BCUT2D eigenvalue weighted by Gasteiger charge is -2.31. The highest BCUT2D eigenvalue weighted by atomic mass is 16.5. The summed E-state index contributed by atoms with van der Waals surface area (Å²) in [5, 5.41) is 0. The highest BCUT2D eigenvalue weighted by molar-refractivity contribution is 5.93. The number of carbonyl (C=O) groups is 1. The zero-order chi connectivity index (χ0) is 18.8. The Balaban J connectivity index is 2.09. The number of aryl methyl sites for hydroxylation is 1. The lowest BCUT2D eigenvalue weighted by Crippen LogP contribution is -2.32. The van der Waals surface area contributed by atoms with Crippen LogP contribution in [0.5, 0.6) is 0 Å². The molecule has 1 amide bonds. The molecule has 1 aliphatic heterocycles. The van der Waals surface area contributed by atoms with Gasteiger partial charge in [-0.3, -0.25) is 4.79 Å². The van der Waals surface area contributed by atoms with Crippen molar-refractivity contribution in [2.24, 2.45) is 0 Å². The molecule has 0 radical (unpaired) electrons. The highest BCUT2D eigenvalue weighted by Crippen LogP contribution is 2.28. The summed E-state index contributed by atoms with van der Waals surface area (Å²) in [6.07, 6.45) is 4.32. The van der Waals surface area contributed by atoms with Crippen molar-refractivity contribution in [3.05, 3.63) is 29.3 Å². The van der Waals surface area contributed by atoms with Gasteiger partial charge in [-0.05, 0) is 62.6 Å². The van der Waals surface area contributed by atoms with Crippen molar-refractivity contribution >= 4 is 11.6 Å². The number of carbonyl (C=O) groups excluding carboxylic acids is 1. The molecule has 1 aromatic rings. The summed E-state index contributed by atoms with van der Waals surface area (Å²) in [5.74, 6) is 5.30. The van der Waals surface area contributed by atoms with E-state index in [1.165, 1.54) is 29.7 Å². The number of fused-ring (bicyclic) bond motifs is 1. The van der Waals surface area contributed by atoms with Crippen LogP contribution < -0.4 is 4.90 Å². The average Bonchev–Trinajstić information content (AvgIpc) is 2.64. The first kappa shape index (κ1) is 20.3. The van der Waals surface area contributed by atoms with Crippen LogP contribution in [0.15, 0.2) is 18.2 Å². The van der Waals surface area contributed by atoms with Crippen LogP contribution in [0, 0.1) is 11.8 Å². The van der Waals surface area contributed by atoms with E-state index < -0.39 is 0 Å². The summed E-state index contributed by atoms with van der Waals surface area (Å²) in [7, 11) is 0. The molecule has 4 heteroatoms. The van der Waals surface area contributed by atoms with Crippen LogP contribution >= 0.6 is 0 Å². The molecule has 0 N–H and O–H groups in total. The minimum Gasteiger partial charge on any atom is -0.382 e. The van der Waals surface area contributed by atoms with Gasteiger partial charge in [-0.2, -0.15) is 0 Å². The van der Waals surface area contributed by atoms with Gasteiger partial charge in [0.2, 0.25) is 0 Å². The monoisotopic (exact) mass is 356 g/mol. The average molecular weight is 357 g/mol. The molecule has 0 saturated carbocycles. The number of amides is 1. The minimum absolute atomic E-state index is 0.102. The molecule has 4 nitrogen and oxygen atoms in total. The maximum Gasteiger partial charge on any atom is 0.298 e. The summed E-state index contributed by atoms with van der Waals surface area (Å²) in [6, 6.07) is 6.67. The predicted octanol–water partition coefficient (Wildman–Crippen LogP) is 3.63. The van der Waals surface area contributed by atoms with Crippen molar-refractivity contribution in [2.75, 3.05) is 37.7 Å².